The summed E-state index contributed by atoms with van der Waals surface area (Å²) >= 11 is 12.9. The van der Waals surface area contributed by atoms with Crippen LogP contribution in [-0.2, 0) is 9.59 Å². The maximum absolute atomic E-state index is 13.0. The monoisotopic (exact) mass is 1240 g/mol. The number of piperidine rings is 2. The average Bonchev–Trinajstić information content (AvgIpc) is 2.11. The van der Waals surface area contributed by atoms with Gasteiger partial charge in [-0.05, 0) is 116 Å². The second-order valence-corrected chi connectivity index (χ2v) is 22.4. The van der Waals surface area contributed by atoms with Crippen LogP contribution in [0.3, 0.4) is 0 Å². The van der Waals surface area contributed by atoms with Crippen LogP contribution in [-0.4, -0.2) is 184 Å². The number of carbonyl (C=O) groups excluding carboxylic acids is 3. The number of nitrogens with two attached hydrogens (primary N) is 1. The molecule has 10 N–H and O–H groups in total. The number of hydrogen-bond acceptors (Lipinski definition) is 15. The molecule has 0 spiro atoms. The number of hydrogen-bond donors (Lipinski definition) is 9. The number of nitrogens with zero attached hydrogens (tertiary/aromatic N) is 8. The van der Waals surface area contributed by atoms with Gasteiger partial charge in [0.1, 0.15) is 0 Å². The average molecular weight is 1240 g/mol. The largest absolute Gasteiger partial charge is 0.478 e. The van der Waals surface area contributed by atoms with E-state index in [9.17, 15) is 19.2 Å². The number of halogens is 3. The highest BCUT2D eigenvalue weighted by Crippen LogP contribution is 2.34. The minimum atomic E-state index is -0.987. The van der Waals surface area contributed by atoms with E-state index < -0.39 is 5.97 Å². The smallest absolute Gasteiger partial charge is 0.335 e. The summed E-state index contributed by atoms with van der Waals surface area (Å²) in [6.07, 6.45) is 15.2. The number of carboxylic acids is 1. The van der Waals surface area contributed by atoms with E-state index in [1.54, 1.807) is 60.9 Å². The summed E-state index contributed by atoms with van der Waals surface area (Å²) in [5.41, 5.74) is 13.4. The number of likely N-dealkylation sites (N-methyl/N-ethyl adjacent to an activating group) is 4. The molecule has 24 heteroatoms. The van der Waals surface area contributed by atoms with E-state index in [1.807, 2.05) is 99.9 Å². The number of para-hydroxylation sites is 2. The van der Waals surface area contributed by atoms with Crippen LogP contribution in [0.25, 0.3) is 44.3 Å². The molecular weight excluding hydrogens is 1170 g/mol. The third kappa shape index (κ3) is 19.9. The first kappa shape index (κ1) is 67.9. The molecule has 21 nitrogen and oxygen atoms in total. The standard InChI is InChI=1S/C31H35ClN8O2.C18H21ClN6.C13H16N2O3.CH4.ClH/c1-39(2)14-6-9-28(41)35-21-12-10-20(11-13-21)30(42)36-22-15-23(19-40(3)18-22)37-31-34-17-26(32)29(38-31)25-16-33-27-8-5-4-7-24(25)27;1-25-9-11(20)6-12(10-25)23-18-22-8-15(19)17(24-18)14-7-21-16-5-3-2-4-13(14)16;1-15(2)9-3-4-12(16)14-11-7-5-10(6-8-11)13(17)18;;/h4-13,16-17,22-23,33H,14-15,18-19H2,1-3H3,(H,35,41)(H,36,42)(H,34,37,38);2-5,7-8,11-12,21H,6,9-10,20H2,1H3,(H,22,23,24);3-8H,9H2,1-2H3,(H,14,16)(H,17,18);1H4;1H/b9-6+;;4-3+;;/t22-,23+;11-,12+;;;/m00.../s1. The van der Waals surface area contributed by atoms with Crippen molar-refractivity contribution in [3.8, 4) is 22.5 Å². The number of anilines is 4. The van der Waals surface area contributed by atoms with Gasteiger partial charge < -0.3 is 67.0 Å². The van der Waals surface area contributed by atoms with Crippen molar-refractivity contribution in [1.82, 2.24) is 54.8 Å². The van der Waals surface area contributed by atoms with Gasteiger partial charge >= 0.3 is 5.97 Å². The second-order valence-electron chi connectivity index (χ2n) is 21.6. The molecule has 2 saturated heterocycles. The predicted molar refractivity (Wildman–Crippen MR) is 353 cm³/mol. The molecule has 3 amide bonds. The normalized spacial score (nSPS) is 16.9. The van der Waals surface area contributed by atoms with Crippen molar-refractivity contribution >= 4 is 104 Å². The second kappa shape index (κ2) is 32.5. The molecule has 0 aliphatic carbocycles. The Kier molecular flexibility index (Phi) is 25.3. The Balaban J connectivity index is 0.000000228. The number of rotatable bonds is 17. The van der Waals surface area contributed by atoms with Gasteiger partial charge in [0.2, 0.25) is 23.7 Å². The molecule has 0 radical (unpaired) electrons. The third-order valence-corrected chi connectivity index (χ3v) is 14.3. The number of H-pyrrole nitrogens is 2. The van der Waals surface area contributed by atoms with Gasteiger partial charge in [-0.2, -0.15) is 0 Å². The fraction of sp³-hybridized carbons (Fsp3) is 0.302. The van der Waals surface area contributed by atoms with Gasteiger partial charge in [0, 0.05) is 138 Å². The summed E-state index contributed by atoms with van der Waals surface area (Å²) < 4.78 is 0. The lowest BCUT2D eigenvalue weighted by Crippen LogP contribution is -2.53. The van der Waals surface area contributed by atoms with E-state index in [-0.39, 0.29) is 67.3 Å². The lowest BCUT2D eigenvalue weighted by Gasteiger charge is -2.36. The van der Waals surface area contributed by atoms with Crippen molar-refractivity contribution in [1.29, 1.82) is 0 Å². The molecule has 4 aromatic carbocycles. The summed E-state index contributed by atoms with van der Waals surface area (Å²) in [4.78, 5) is 80.3. The van der Waals surface area contributed by atoms with Crippen molar-refractivity contribution in [3.63, 3.8) is 0 Å². The first-order chi connectivity index (χ1) is 40.8. The van der Waals surface area contributed by atoms with Crippen molar-refractivity contribution < 1.29 is 24.3 Å². The number of nitrogens with one attached hydrogen (secondary N) is 7. The minimum Gasteiger partial charge on any atom is -0.478 e. The number of fused-ring (bicyclic) bond motifs is 2. The molecule has 2 aliphatic rings. The van der Waals surface area contributed by atoms with Crippen LogP contribution in [0.15, 0.2) is 146 Å². The number of likely N-dealkylation sites (tertiary alicyclic amines) is 2. The highest BCUT2D eigenvalue weighted by Gasteiger charge is 2.28. The van der Waals surface area contributed by atoms with E-state index in [2.05, 4.69) is 74.4 Å². The molecule has 460 valence electrons. The van der Waals surface area contributed by atoms with Crippen molar-refractivity contribution in [2.75, 3.05) is 103 Å². The van der Waals surface area contributed by atoms with E-state index >= 15 is 0 Å². The summed E-state index contributed by atoms with van der Waals surface area (Å²) in [5.74, 6) is -0.534. The zero-order valence-electron chi connectivity index (χ0n) is 48.7. The Morgan fingerprint density at radius 1 is 0.632 bits per heavy atom. The highest BCUT2D eigenvalue weighted by atomic mass is 35.5. The summed E-state index contributed by atoms with van der Waals surface area (Å²) in [6, 6.07) is 29.3. The topological polar surface area (TPSA) is 271 Å². The number of aromatic nitrogens is 6. The van der Waals surface area contributed by atoms with Gasteiger partial charge in [-0.1, -0.05) is 79.2 Å². The number of aromatic amines is 2. The van der Waals surface area contributed by atoms with Gasteiger partial charge in [0.05, 0.1) is 39.4 Å². The lowest BCUT2D eigenvalue weighted by atomic mass is 10.0. The van der Waals surface area contributed by atoms with E-state index in [1.165, 1.54) is 24.3 Å². The maximum atomic E-state index is 13.0. The van der Waals surface area contributed by atoms with Gasteiger partial charge in [0.15, 0.2) is 0 Å². The van der Waals surface area contributed by atoms with Crippen LogP contribution >= 0.6 is 35.6 Å². The molecule has 2 fully saturated rings. The summed E-state index contributed by atoms with van der Waals surface area (Å²) in [6.45, 7) is 4.70. The van der Waals surface area contributed by atoms with Gasteiger partial charge in [0.25, 0.3) is 5.91 Å². The van der Waals surface area contributed by atoms with Crippen LogP contribution in [0.5, 0.6) is 0 Å². The fourth-order valence-corrected chi connectivity index (χ4v) is 10.3. The fourth-order valence-electron chi connectivity index (χ4n) is 9.93. The van der Waals surface area contributed by atoms with Crippen molar-refractivity contribution in [2.24, 2.45) is 5.73 Å². The Bertz CT molecular complexity index is 3620. The van der Waals surface area contributed by atoms with E-state index in [0.29, 0.717) is 64.1 Å². The first-order valence-electron chi connectivity index (χ1n) is 27.7. The number of carbonyl (C=O) groups is 4. The third-order valence-electron chi connectivity index (χ3n) is 13.8. The van der Waals surface area contributed by atoms with Crippen LogP contribution in [0.4, 0.5) is 23.3 Å². The molecule has 2 aliphatic heterocycles. The molecule has 0 unspecified atom stereocenters. The van der Waals surface area contributed by atoms with Crippen LogP contribution in [0.1, 0.15) is 41.0 Å². The van der Waals surface area contributed by atoms with Crippen molar-refractivity contribution in [2.45, 2.75) is 44.4 Å². The number of amides is 3. The molecule has 10 rings (SSSR count). The van der Waals surface area contributed by atoms with Gasteiger partial charge in [-0.15, -0.1) is 12.4 Å². The molecular formula is C63H77Cl3N16O5. The molecule has 0 saturated carbocycles. The lowest BCUT2D eigenvalue weighted by molar-refractivity contribution is -0.112. The molecule has 0 bridgehead atoms. The summed E-state index contributed by atoms with van der Waals surface area (Å²) in [7, 11) is 11.8. The van der Waals surface area contributed by atoms with E-state index in [4.69, 9.17) is 39.0 Å². The zero-order chi connectivity index (χ0) is 60.6. The Labute approximate surface area is 523 Å². The quantitative estimate of drug-likeness (QED) is 0.0384. The zero-order valence-corrected chi connectivity index (χ0v) is 51.1. The molecule has 8 aromatic rings. The van der Waals surface area contributed by atoms with Crippen LogP contribution in [0.2, 0.25) is 10.0 Å². The van der Waals surface area contributed by atoms with Crippen LogP contribution < -0.4 is 32.3 Å². The highest BCUT2D eigenvalue weighted by molar-refractivity contribution is 6.33. The van der Waals surface area contributed by atoms with E-state index in [0.717, 1.165) is 71.2 Å². The van der Waals surface area contributed by atoms with Crippen LogP contribution in [0, 0.1) is 0 Å². The Hall–Kier alpha value is -8.25. The molecule has 87 heavy (non-hydrogen) atoms. The number of benzene rings is 4. The molecule has 4 atom stereocenters. The van der Waals surface area contributed by atoms with Crippen molar-refractivity contribution in [3.05, 3.63) is 167 Å². The molecule has 4 aromatic heterocycles. The Morgan fingerprint density at radius 3 is 1.51 bits per heavy atom. The SMILES string of the molecule is C.CN(C)C/C=C/C(=O)Nc1ccc(C(=O)N[C@H]2C[C@@H](Nc3ncc(Cl)c(-c4c[nH]c5ccccc45)n3)CN(C)C2)cc1.CN(C)C/C=C/C(=O)Nc1ccc(C(=O)O)cc1.CN1C[C@@H](N)C[C@@H](Nc2ncc(Cl)c(-c3c[nH]c4ccccc34)n2)C1.Cl. The first-order valence-corrected chi connectivity index (χ1v) is 28.4. The maximum Gasteiger partial charge on any atom is 0.335 e. The Morgan fingerprint density at radius 2 is 1.06 bits per heavy atom. The molecule has 6 heterocycles. The summed E-state index contributed by atoms with van der Waals surface area (Å²) in [5, 5.41) is 27.3. The predicted octanol–water partition coefficient (Wildman–Crippen LogP) is 9.47. The van der Waals surface area contributed by atoms with Gasteiger partial charge in [-0.25, -0.2) is 24.7 Å². The van der Waals surface area contributed by atoms with Gasteiger partial charge in [-0.3, -0.25) is 14.4 Å². The number of carboxylic acid groups (broad SMARTS) is 1. The number of aromatic carboxylic acids is 1. The minimum absolute atomic E-state index is 0.